The molecule has 0 aromatic rings. The van der Waals surface area contributed by atoms with Crippen LogP contribution in [0.1, 0.15) is 81.1 Å². The van der Waals surface area contributed by atoms with Gasteiger partial charge in [-0.3, -0.25) is 9.59 Å². The Kier molecular flexibility index (Phi) is 5.66. The summed E-state index contributed by atoms with van der Waals surface area (Å²) < 4.78 is 12.2. The quantitative estimate of drug-likeness (QED) is 0.664. The van der Waals surface area contributed by atoms with Gasteiger partial charge in [0.25, 0.3) is 0 Å². The van der Waals surface area contributed by atoms with Crippen molar-refractivity contribution in [3.63, 3.8) is 0 Å². The van der Waals surface area contributed by atoms with Crippen LogP contribution in [0.4, 0.5) is 0 Å². The van der Waals surface area contributed by atoms with Crippen LogP contribution in [0.25, 0.3) is 0 Å². The highest BCUT2D eigenvalue weighted by molar-refractivity contribution is 6.45. The second-order valence-electron chi connectivity index (χ2n) is 11.4. The molecule has 2 aliphatic carbocycles. The molecule has 3 fully saturated rings. The lowest BCUT2D eigenvalue weighted by molar-refractivity contribution is -0.137. The first-order valence-corrected chi connectivity index (χ1v) is 11.1. The minimum atomic E-state index is -0.778. The van der Waals surface area contributed by atoms with Crippen molar-refractivity contribution < 1.29 is 18.9 Å². The third kappa shape index (κ3) is 4.36. The van der Waals surface area contributed by atoms with E-state index in [1.165, 1.54) is 6.92 Å². The summed E-state index contributed by atoms with van der Waals surface area (Å²) in [6.07, 6.45) is 4.63. The SMILES string of the molecule is CC(=O)NC1(C(=O)NC(C)(C)C)C(CCCB2OC(C)(C)C(C)(C)O2)C[C@H]2C[C@H]21. The Hall–Kier alpha value is -1.08. The molecule has 1 heterocycles. The minimum Gasteiger partial charge on any atom is -0.403 e. The van der Waals surface area contributed by atoms with Gasteiger partial charge in [-0.15, -0.1) is 0 Å². The van der Waals surface area contributed by atoms with Crippen molar-refractivity contribution in [1.82, 2.24) is 10.6 Å². The highest BCUT2D eigenvalue weighted by atomic mass is 16.7. The van der Waals surface area contributed by atoms with Crippen LogP contribution in [0, 0.1) is 17.8 Å². The fraction of sp³-hybridized carbons (Fsp3) is 0.909. The van der Waals surface area contributed by atoms with E-state index in [4.69, 9.17) is 9.31 Å². The van der Waals surface area contributed by atoms with E-state index in [1.54, 1.807) is 0 Å². The van der Waals surface area contributed by atoms with E-state index in [0.717, 1.165) is 32.0 Å². The van der Waals surface area contributed by atoms with Gasteiger partial charge >= 0.3 is 7.12 Å². The van der Waals surface area contributed by atoms with E-state index < -0.39 is 5.54 Å². The number of carbonyl (C=O) groups is 2. The van der Waals surface area contributed by atoms with Gasteiger partial charge in [0, 0.05) is 12.5 Å². The Morgan fingerprint density at radius 3 is 2.17 bits per heavy atom. The molecule has 0 aromatic heterocycles. The van der Waals surface area contributed by atoms with E-state index >= 15 is 0 Å². The zero-order valence-corrected chi connectivity index (χ0v) is 19.5. The highest BCUT2D eigenvalue weighted by Crippen LogP contribution is 2.61. The van der Waals surface area contributed by atoms with Crippen LogP contribution in [0.3, 0.4) is 0 Å². The molecule has 2 amide bonds. The third-order valence-electron chi connectivity index (χ3n) is 7.28. The number of rotatable bonds is 6. The molecule has 1 aliphatic heterocycles. The van der Waals surface area contributed by atoms with E-state index in [1.807, 2.05) is 20.8 Å². The van der Waals surface area contributed by atoms with E-state index in [0.29, 0.717) is 5.92 Å². The average Bonchev–Trinajstić information content (AvgIpc) is 3.16. The molecule has 0 aromatic carbocycles. The first-order chi connectivity index (χ1) is 13.2. The largest absolute Gasteiger partial charge is 0.457 e. The van der Waals surface area contributed by atoms with Crippen molar-refractivity contribution in [1.29, 1.82) is 0 Å². The van der Waals surface area contributed by atoms with E-state index in [-0.39, 0.29) is 47.5 Å². The molecule has 0 radical (unpaired) electrons. The first-order valence-electron chi connectivity index (χ1n) is 11.1. The van der Waals surface area contributed by atoms with E-state index in [9.17, 15) is 9.59 Å². The summed E-state index contributed by atoms with van der Waals surface area (Å²) in [5, 5.41) is 6.25. The van der Waals surface area contributed by atoms with Crippen molar-refractivity contribution in [3.05, 3.63) is 0 Å². The molecular weight excluding hydrogens is 367 g/mol. The van der Waals surface area contributed by atoms with Gasteiger partial charge in [-0.25, -0.2) is 0 Å². The Bertz CT molecular complexity index is 656. The minimum absolute atomic E-state index is 0.0224. The Morgan fingerprint density at radius 1 is 1.07 bits per heavy atom. The van der Waals surface area contributed by atoms with Gasteiger partial charge in [0.1, 0.15) is 5.54 Å². The van der Waals surface area contributed by atoms with Gasteiger partial charge in [0.2, 0.25) is 11.8 Å². The van der Waals surface area contributed by atoms with Crippen molar-refractivity contribution in [2.45, 2.75) is 110 Å². The molecule has 29 heavy (non-hydrogen) atoms. The summed E-state index contributed by atoms with van der Waals surface area (Å²) >= 11 is 0. The first kappa shape index (κ1) is 22.6. The molecule has 4 atom stereocenters. The lowest BCUT2D eigenvalue weighted by atomic mass is 9.75. The van der Waals surface area contributed by atoms with Crippen LogP contribution >= 0.6 is 0 Å². The van der Waals surface area contributed by atoms with Gasteiger partial charge in [0.05, 0.1) is 11.2 Å². The molecule has 0 bridgehead atoms. The van der Waals surface area contributed by atoms with Crippen molar-refractivity contribution in [2.24, 2.45) is 17.8 Å². The number of fused-ring (bicyclic) bond motifs is 1. The van der Waals surface area contributed by atoms with Crippen LogP contribution in [-0.2, 0) is 18.9 Å². The van der Waals surface area contributed by atoms with E-state index in [2.05, 4.69) is 38.3 Å². The third-order valence-corrected chi connectivity index (χ3v) is 7.28. The lowest BCUT2D eigenvalue weighted by Crippen LogP contribution is -2.65. The second-order valence-corrected chi connectivity index (χ2v) is 11.4. The molecule has 2 saturated carbocycles. The van der Waals surface area contributed by atoms with Crippen molar-refractivity contribution in [2.75, 3.05) is 0 Å². The number of hydrogen-bond acceptors (Lipinski definition) is 4. The monoisotopic (exact) mass is 406 g/mol. The summed E-state index contributed by atoms with van der Waals surface area (Å²) in [6.45, 7) is 15.7. The Morgan fingerprint density at radius 2 is 1.66 bits per heavy atom. The maximum Gasteiger partial charge on any atom is 0.457 e. The maximum atomic E-state index is 13.4. The molecule has 3 aliphatic rings. The van der Waals surface area contributed by atoms with Gasteiger partial charge in [0.15, 0.2) is 0 Å². The standard InChI is InChI=1S/C22H39BN2O4/c1-14(26)24-22(18(27)25-19(2,3)4)16(12-15-13-17(15)22)10-9-11-23-28-20(5,6)21(7,8)29-23/h15-17H,9-13H2,1-8H3,(H,24,26)(H,25,27)/t15-,16?,17+,22?/m0/s1. The zero-order valence-electron chi connectivity index (χ0n) is 19.5. The Labute approximate surface area is 176 Å². The fourth-order valence-corrected chi connectivity index (χ4v) is 5.22. The summed E-state index contributed by atoms with van der Waals surface area (Å²) in [7, 11) is -0.213. The average molecular weight is 406 g/mol. The molecule has 2 unspecified atom stereocenters. The topological polar surface area (TPSA) is 76.7 Å². The molecule has 6 nitrogen and oxygen atoms in total. The van der Waals surface area contributed by atoms with Gasteiger partial charge in [-0.1, -0.05) is 6.42 Å². The lowest BCUT2D eigenvalue weighted by Gasteiger charge is -2.39. The van der Waals surface area contributed by atoms with Crippen molar-refractivity contribution >= 4 is 18.9 Å². The molecule has 7 heteroatoms. The molecule has 0 spiro atoms. The van der Waals surface area contributed by atoms with Crippen LogP contribution < -0.4 is 10.6 Å². The zero-order chi connectivity index (χ0) is 21.8. The van der Waals surface area contributed by atoms with Crippen LogP contribution in [0.2, 0.25) is 6.32 Å². The highest BCUT2D eigenvalue weighted by Gasteiger charge is 2.67. The summed E-state index contributed by atoms with van der Waals surface area (Å²) in [5.74, 6) is 0.813. The smallest absolute Gasteiger partial charge is 0.403 e. The molecule has 1 saturated heterocycles. The number of carbonyl (C=O) groups excluding carboxylic acids is 2. The molecular formula is C22H39BN2O4. The van der Waals surface area contributed by atoms with Crippen LogP contribution in [0.15, 0.2) is 0 Å². The predicted octanol–water partition coefficient (Wildman–Crippen LogP) is 3.30. The molecule has 3 rings (SSSR count). The summed E-state index contributed by atoms with van der Waals surface area (Å²) in [4.78, 5) is 25.5. The Balaban J connectivity index is 1.67. The summed E-state index contributed by atoms with van der Waals surface area (Å²) in [6, 6.07) is 0. The predicted molar refractivity (Wildman–Crippen MR) is 114 cm³/mol. The maximum absolute atomic E-state index is 13.4. The van der Waals surface area contributed by atoms with Crippen LogP contribution in [-0.4, -0.2) is 41.2 Å². The summed E-state index contributed by atoms with van der Waals surface area (Å²) in [5.41, 5.74) is -1.75. The number of hydrogen-bond donors (Lipinski definition) is 2. The van der Waals surface area contributed by atoms with Gasteiger partial charge < -0.3 is 19.9 Å². The fourth-order valence-electron chi connectivity index (χ4n) is 5.22. The van der Waals surface area contributed by atoms with Crippen molar-refractivity contribution in [3.8, 4) is 0 Å². The van der Waals surface area contributed by atoms with Gasteiger partial charge in [-0.2, -0.15) is 0 Å². The number of nitrogens with one attached hydrogen (secondary N) is 2. The molecule has 2 N–H and O–H groups in total. The molecule has 164 valence electrons. The van der Waals surface area contributed by atoms with Crippen LogP contribution in [0.5, 0.6) is 0 Å². The normalized spacial score (nSPS) is 34.6. The second kappa shape index (κ2) is 7.26. The number of amides is 2. The van der Waals surface area contributed by atoms with Gasteiger partial charge in [-0.05, 0) is 91.8 Å².